The van der Waals surface area contributed by atoms with Crippen LogP contribution in [-0.2, 0) is 6.42 Å². The van der Waals surface area contributed by atoms with E-state index >= 15 is 0 Å². The van der Waals surface area contributed by atoms with Gasteiger partial charge in [-0.25, -0.2) is 14.8 Å². The number of likely N-dealkylation sites (tertiary alicyclic amines) is 2. The molecule has 4 heterocycles. The van der Waals surface area contributed by atoms with Gasteiger partial charge in [0.15, 0.2) is 5.82 Å². The maximum atomic E-state index is 12.7. The Kier molecular flexibility index (Phi) is 5.44. The second-order valence-corrected chi connectivity index (χ2v) is 8.48. The molecule has 1 aromatic carbocycles. The van der Waals surface area contributed by atoms with E-state index in [1.54, 1.807) is 0 Å². The number of carbonyl (C=O) groups excluding carboxylic acids is 2. The number of carbonyl (C=O) groups is 2. The molecule has 162 valence electrons. The Morgan fingerprint density at radius 3 is 2.45 bits per heavy atom. The Morgan fingerprint density at radius 2 is 1.71 bits per heavy atom. The summed E-state index contributed by atoms with van der Waals surface area (Å²) in [4.78, 5) is 38.5. The summed E-state index contributed by atoms with van der Waals surface area (Å²) >= 11 is 0. The SMILES string of the molecule is O=C1NCCc2c(NC3CCN(C(=O)N4CCCC4)CC3)nc(-c3ccccc3)nc21. The molecule has 2 saturated heterocycles. The molecule has 31 heavy (non-hydrogen) atoms. The van der Waals surface area contributed by atoms with Crippen molar-refractivity contribution in [1.29, 1.82) is 0 Å². The van der Waals surface area contributed by atoms with Gasteiger partial charge in [-0.05, 0) is 32.1 Å². The van der Waals surface area contributed by atoms with Gasteiger partial charge in [0.1, 0.15) is 11.5 Å². The second-order valence-electron chi connectivity index (χ2n) is 8.48. The first-order valence-electron chi connectivity index (χ1n) is 11.2. The van der Waals surface area contributed by atoms with E-state index in [2.05, 4.69) is 15.6 Å². The van der Waals surface area contributed by atoms with Crippen LogP contribution in [0.1, 0.15) is 41.7 Å². The van der Waals surface area contributed by atoms with E-state index in [9.17, 15) is 9.59 Å². The topological polar surface area (TPSA) is 90.5 Å². The van der Waals surface area contributed by atoms with Crippen molar-refractivity contribution in [2.24, 2.45) is 0 Å². The molecule has 5 rings (SSSR count). The Bertz CT molecular complexity index is 966. The molecule has 0 radical (unpaired) electrons. The van der Waals surface area contributed by atoms with Crippen LogP contribution in [0.15, 0.2) is 30.3 Å². The number of amides is 3. The fraction of sp³-hybridized carbons (Fsp3) is 0.478. The summed E-state index contributed by atoms with van der Waals surface area (Å²) < 4.78 is 0. The molecule has 3 aliphatic rings. The average molecular weight is 421 g/mol. The third-order valence-corrected chi connectivity index (χ3v) is 6.40. The number of piperidine rings is 1. The number of hydrogen-bond acceptors (Lipinski definition) is 5. The maximum absolute atomic E-state index is 12.7. The van der Waals surface area contributed by atoms with Crippen molar-refractivity contribution in [3.05, 3.63) is 41.6 Å². The fourth-order valence-electron chi connectivity index (χ4n) is 4.65. The summed E-state index contributed by atoms with van der Waals surface area (Å²) in [5.41, 5.74) is 2.24. The fourth-order valence-corrected chi connectivity index (χ4v) is 4.65. The van der Waals surface area contributed by atoms with Crippen molar-refractivity contribution in [3.8, 4) is 11.4 Å². The standard InChI is InChI=1S/C23H28N6O2/c30-22-19-18(8-11-24-22)21(27-20(26-19)16-6-2-1-3-7-16)25-17-9-14-29(15-10-17)23(31)28-12-4-5-13-28/h1-3,6-7,17H,4-5,8-15H2,(H,24,30)(H,25,26,27). The zero-order valence-electron chi connectivity index (χ0n) is 17.6. The van der Waals surface area contributed by atoms with Gasteiger partial charge in [0, 0.05) is 49.9 Å². The van der Waals surface area contributed by atoms with Gasteiger partial charge in [-0.2, -0.15) is 0 Å². The highest BCUT2D eigenvalue weighted by molar-refractivity contribution is 5.96. The number of aromatic nitrogens is 2. The van der Waals surface area contributed by atoms with Gasteiger partial charge >= 0.3 is 6.03 Å². The predicted molar refractivity (Wildman–Crippen MR) is 118 cm³/mol. The normalized spacial score (nSPS) is 19.2. The molecule has 0 spiro atoms. The number of rotatable bonds is 3. The predicted octanol–water partition coefficient (Wildman–Crippen LogP) is 2.52. The average Bonchev–Trinajstić information content (AvgIpc) is 3.35. The minimum atomic E-state index is -0.144. The first-order valence-corrected chi connectivity index (χ1v) is 11.2. The molecule has 0 unspecified atom stereocenters. The lowest BCUT2D eigenvalue weighted by Crippen LogP contribution is -2.48. The summed E-state index contributed by atoms with van der Waals surface area (Å²) in [7, 11) is 0. The summed E-state index contributed by atoms with van der Waals surface area (Å²) in [6.07, 6.45) is 4.67. The number of hydrogen-bond donors (Lipinski definition) is 2. The molecule has 0 atom stereocenters. The lowest BCUT2D eigenvalue weighted by molar-refractivity contribution is 0.0940. The third kappa shape index (κ3) is 4.06. The lowest BCUT2D eigenvalue weighted by atomic mass is 10.0. The molecule has 2 fully saturated rings. The molecule has 8 heteroatoms. The van der Waals surface area contributed by atoms with Crippen LogP contribution in [0, 0.1) is 0 Å². The molecule has 0 bridgehead atoms. The van der Waals surface area contributed by atoms with Gasteiger partial charge in [-0.1, -0.05) is 30.3 Å². The van der Waals surface area contributed by atoms with Gasteiger partial charge in [0.25, 0.3) is 5.91 Å². The van der Waals surface area contributed by atoms with Gasteiger partial charge in [0.05, 0.1) is 0 Å². The van der Waals surface area contributed by atoms with Crippen molar-refractivity contribution < 1.29 is 9.59 Å². The molecule has 2 N–H and O–H groups in total. The molecule has 1 aromatic heterocycles. The number of anilines is 1. The lowest BCUT2D eigenvalue weighted by Gasteiger charge is -2.35. The van der Waals surface area contributed by atoms with Crippen LogP contribution in [0.25, 0.3) is 11.4 Å². The molecule has 8 nitrogen and oxygen atoms in total. The summed E-state index contributed by atoms with van der Waals surface area (Å²) in [5.74, 6) is 1.17. The number of nitrogens with one attached hydrogen (secondary N) is 2. The highest BCUT2D eigenvalue weighted by atomic mass is 16.2. The molecule has 3 aliphatic heterocycles. The Balaban J connectivity index is 1.34. The van der Waals surface area contributed by atoms with Gasteiger partial charge < -0.3 is 20.4 Å². The van der Waals surface area contributed by atoms with E-state index in [0.29, 0.717) is 24.5 Å². The van der Waals surface area contributed by atoms with E-state index in [-0.39, 0.29) is 18.0 Å². The zero-order valence-corrected chi connectivity index (χ0v) is 17.6. The van der Waals surface area contributed by atoms with E-state index in [1.165, 1.54) is 0 Å². The maximum Gasteiger partial charge on any atom is 0.319 e. The Morgan fingerprint density at radius 1 is 1.00 bits per heavy atom. The van der Waals surface area contributed by atoms with Crippen molar-refractivity contribution in [3.63, 3.8) is 0 Å². The van der Waals surface area contributed by atoms with Gasteiger partial charge in [-0.15, -0.1) is 0 Å². The summed E-state index contributed by atoms with van der Waals surface area (Å²) in [5, 5.41) is 6.47. The van der Waals surface area contributed by atoms with Crippen molar-refractivity contribution in [2.75, 3.05) is 38.0 Å². The van der Waals surface area contributed by atoms with Crippen molar-refractivity contribution >= 4 is 17.8 Å². The largest absolute Gasteiger partial charge is 0.367 e. The van der Waals surface area contributed by atoms with Crippen molar-refractivity contribution in [2.45, 2.75) is 38.1 Å². The van der Waals surface area contributed by atoms with Gasteiger partial charge in [-0.3, -0.25) is 4.79 Å². The summed E-state index contributed by atoms with van der Waals surface area (Å²) in [6.45, 7) is 3.85. The molecular weight excluding hydrogens is 392 g/mol. The van der Waals surface area contributed by atoms with Crippen LogP contribution in [-0.4, -0.2) is 70.5 Å². The first-order chi connectivity index (χ1) is 15.2. The van der Waals surface area contributed by atoms with Crippen LogP contribution in [0.4, 0.5) is 10.6 Å². The third-order valence-electron chi connectivity index (χ3n) is 6.40. The number of nitrogens with zero attached hydrogens (tertiary/aromatic N) is 4. The first kappa shape index (κ1) is 19.8. The van der Waals surface area contributed by atoms with Crippen LogP contribution in [0.2, 0.25) is 0 Å². The molecule has 0 saturated carbocycles. The quantitative estimate of drug-likeness (QED) is 0.796. The molecule has 2 aromatic rings. The summed E-state index contributed by atoms with van der Waals surface area (Å²) in [6, 6.07) is 10.1. The van der Waals surface area contributed by atoms with E-state index in [4.69, 9.17) is 4.98 Å². The smallest absolute Gasteiger partial charge is 0.319 e. The molecule has 0 aliphatic carbocycles. The van der Waals surface area contributed by atoms with Crippen LogP contribution in [0.3, 0.4) is 0 Å². The van der Waals surface area contributed by atoms with E-state index in [0.717, 1.165) is 68.8 Å². The zero-order chi connectivity index (χ0) is 21.2. The van der Waals surface area contributed by atoms with Crippen LogP contribution < -0.4 is 10.6 Å². The second kappa shape index (κ2) is 8.53. The van der Waals surface area contributed by atoms with Crippen LogP contribution in [0.5, 0.6) is 0 Å². The van der Waals surface area contributed by atoms with Crippen molar-refractivity contribution in [1.82, 2.24) is 25.1 Å². The number of fused-ring (bicyclic) bond motifs is 1. The minimum absolute atomic E-state index is 0.144. The van der Waals surface area contributed by atoms with Gasteiger partial charge in [0.2, 0.25) is 0 Å². The number of benzene rings is 1. The van der Waals surface area contributed by atoms with E-state index in [1.807, 2.05) is 40.1 Å². The Labute approximate surface area is 182 Å². The Hall–Kier alpha value is -3.16. The number of urea groups is 1. The highest BCUT2D eigenvalue weighted by Gasteiger charge is 2.30. The minimum Gasteiger partial charge on any atom is -0.367 e. The highest BCUT2D eigenvalue weighted by Crippen LogP contribution is 2.27. The van der Waals surface area contributed by atoms with E-state index < -0.39 is 0 Å². The monoisotopic (exact) mass is 420 g/mol. The van der Waals surface area contributed by atoms with Crippen LogP contribution >= 0.6 is 0 Å². The molecular formula is C23H28N6O2. The molecule has 3 amide bonds.